The molecule has 0 bridgehead atoms. The molecule has 0 radical (unpaired) electrons. The predicted molar refractivity (Wildman–Crippen MR) is 63.9 cm³/mol. The highest BCUT2D eigenvalue weighted by Crippen LogP contribution is 2.30. The molecule has 1 aromatic heterocycles. The molecule has 2 heterocycles. The van der Waals surface area contributed by atoms with Crippen LogP contribution in [0.15, 0.2) is 15.8 Å². The topological polar surface area (TPSA) is 114 Å². The maximum absolute atomic E-state index is 11.8. The minimum Gasteiger partial charge on any atom is -0.394 e. The molecule has 1 fully saturated rings. The molecule has 1 aliphatic rings. The highest BCUT2D eigenvalue weighted by Gasteiger charge is 2.45. The van der Waals surface area contributed by atoms with Crippen LogP contribution in [0.25, 0.3) is 0 Å². The maximum Gasteiger partial charge on any atom is 0.330 e. The summed E-state index contributed by atoms with van der Waals surface area (Å²) in [7, 11) is 1.37. The molecule has 0 aliphatic carbocycles. The number of hydrogen-bond acceptors (Lipinski definition) is 6. The fourth-order valence-corrected chi connectivity index (χ4v) is 2.12. The lowest BCUT2D eigenvalue weighted by Crippen LogP contribution is -2.39. The average Bonchev–Trinajstić information content (AvgIpc) is 2.70. The minimum absolute atomic E-state index is 0.333. The van der Waals surface area contributed by atoms with Gasteiger partial charge in [-0.2, -0.15) is 0 Å². The monoisotopic (exact) mass is 272 g/mol. The third-order valence-electron chi connectivity index (χ3n) is 3.18. The quantitative estimate of drug-likeness (QED) is 0.593. The van der Waals surface area contributed by atoms with E-state index in [9.17, 15) is 14.7 Å². The van der Waals surface area contributed by atoms with Crippen molar-refractivity contribution in [2.45, 2.75) is 31.5 Å². The third kappa shape index (κ3) is 2.35. The molecule has 8 nitrogen and oxygen atoms in total. The summed E-state index contributed by atoms with van der Waals surface area (Å²) in [6, 6.07) is 0. The van der Waals surface area contributed by atoms with Gasteiger partial charge in [-0.05, 0) is 6.92 Å². The van der Waals surface area contributed by atoms with E-state index in [0.717, 1.165) is 4.57 Å². The summed E-state index contributed by atoms with van der Waals surface area (Å²) in [5.74, 6) is 0. The van der Waals surface area contributed by atoms with Crippen molar-refractivity contribution in [3.8, 4) is 0 Å². The van der Waals surface area contributed by atoms with E-state index in [-0.39, 0.29) is 0 Å². The lowest BCUT2D eigenvalue weighted by atomic mass is 10.1. The number of aliphatic hydroxyl groups excluding tert-OH is 2. The average molecular weight is 272 g/mol. The number of aromatic nitrogens is 2. The van der Waals surface area contributed by atoms with E-state index in [1.807, 2.05) is 0 Å². The number of methoxy groups -OCH3 is 1. The van der Waals surface area contributed by atoms with Crippen LogP contribution < -0.4 is 11.2 Å². The van der Waals surface area contributed by atoms with Gasteiger partial charge in [0.15, 0.2) is 6.23 Å². The molecule has 1 saturated heterocycles. The van der Waals surface area contributed by atoms with Gasteiger partial charge < -0.3 is 19.7 Å². The third-order valence-corrected chi connectivity index (χ3v) is 3.18. The number of rotatable bonds is 3. The van der Waals surface area contributed by atoms with Crippen molar-refractivity contribution < 1.29 is 19.7 Å². The second kappa shape index (κ2) is 5.25. The van der Waals surface area contributed by atoms with Gasteiger partial charge in [-0.15, -0.1) is 0 Å². The second-order valence-corrected chi connectivity index (χ2v) is 4.42. The Kier molecular flexibility index (Phi) is 3.85. The van der Waals surface area contributed by atoms with Crippen LogP contribution in [0, 0.1) is 6.92 Å². The van der Waals surface area contributed by atoms with Gasteiger partial charge in [-0.1, -0.05) is 0 Å². The van der Waals surface area contributed by atoms with Gasteiger partial charge >= 0.3 is 5.69 Å². The fraction of sp³-hybridized carbons (Fsp3) is 0.636. The Morgan fingerprint density at radius 2 is 2.21 bits per heavy atom. The normalized spacial score (nSPS) is 30.7. The number of nitrogens with zero attached hydrogens (tertiary/aromatic N) is 1. The first-order valence-electron chi connectivity index (χ1n) is 5.78. The Labute approximate surface area is 108 Å². The summed E-state index contributed by atoms with van der Waals surface area (Å²) >= 11 is 0. The lowest BCUT2D eigenvalue weighted by molar-refractivity contribution is -0.0626. The molecule has 8 heteroatoms. The van der Waals surface area contributed by atoms with Crippen molar-refractivity contribution in [3.63, 3.8) is 0 Å². The van der Waals surface area contributed by atoms with Crippen LogP contribution >= 0.6 is 0 Å². The van der Waals surface area contributed by atoms with Crippen molar-refractivity contribution in [3.05, 3.63) is 32.6 Å². The van der Waals surface area contributed by atoms with Crippen molar-refractivity contribution in [1.82, 2.24) is 9.55 Å². The molecule has 1 unspecified atom stereocenters. The highest BCUT2D eigenvalue weighted by atomic mass is 16.6. The molecule has 3 N–H and O–H groups in total. The van der Waals surface area contributed by atoms with E-state index >= 15 is 0 Å². The van der Waals surface area contributed by atoms with Gasteiger partial charge in [0, 0.05) is 18.9 Å². The van der Waals surface area contributed by atoms with Crippen LogP contribution in [0.1, 0.15) is 11.8 Å². The molecule has 2 rings (SSSR count). The number of aromatic amines is 1. The van der Waals surface area contributed by atoms with E-state index in [1.165, 1.54) is 13.3 Å². The Hall–Kier alpha value is -1.48. The molecule has 106 valence electrons. The Balaban J connectivity index is 2.44. The largest absolute Gasteiger partial charge is 0.394 e. The molecule has 1 aromatic rings. The van der Waals surface area contributed by atoms with Gasteiger partial charge in [-0.25, -0.2) is 4.79 Å². The first-order chi connectivity index (χ1) is 8.99. The molecule has 0 saturated carbocycles. The van der Waals surface area contributed by atoms with E-state index in [4.69, 9.17) is 14.6 Å². The minimum atomic E-state index is -1.06. The van der Waals surface area contributed by atoms with E-state index in [0.29, 0.717) is 5.56 Å². The molecule has 0 amide bonds. The highest BCUT2D eigenvalue weighted by molar-refractivity contribution is 5.03. The van der Waals surface area contributed by atoms with Crippen LogP contribution in [0.4, 0.5) is 0 Å². The van der Waals surface area contributed by atoms with Gasteiger partial charge in [0.25, 0.3) is 5.56 Å². The summed E-state index contributed by atoms with van der Waals surface area (Å²) in [5, 5.41) is 19.0. The van der Waals surface area contributed by atoms with E-state index in [1.54, 1.807) is 6.92 Å². The van der Waals surface area contributed by atoms with Crippen LogP contribution in [0.5, 0.6) is 0 Å². The zero-order chi connectivity index (χ0) is 14.2. The molecule has 19 heavy (non-hydrogen) atoms. The van der Waals surface area contributed by atoms with Crippen molar-refractivity contribution >= 4 is 0 Å². The number of hydrogen-bond donors (Lipinski definition) is 3. The first-order valence-corrected chi connectivity index (χ1v) is 5.78. The molecule has 0 spiro atoms. The SMILES string of the molecule is COC1[C@H](n2cc(C)c(=O)[nH]c2=O)O[C@H](CO)[C@H]1O. The van der Waals surface area contributed by atoms with Crippen LogP contribution in [0.2, 0.25) is 0 Å². The number of aliphatic hydroxyl groups is 2. The van der Waals surface area contributed by atoms with Crippen LogP contribution in [0.3, 0.4) is 0 Å². The first kappa shape index (κ1) is 13.9. The zero-order valence-corrected chi connectivity index (χ0v) is 10.6. The van der Waals surface area contributed by atoms with Crippen LogP contribution in [-0.4, -0.2) is 51.8 Å². The van der Waals surface area contributed by atoms with Crippen molar-refractivity contribution in [2.75, 3.05) is 13.7 Å². The number of H-pyrrole nitrogens is 1. The standard InChI is InChI=1S/C11H16N2O6/c1-5-3-13(11(17)12-9(5)16)10-8(18-2)7(15)6(4-14)19-10/h3,6-8,10,14-15H,4H2,1-2H3,(H,12,16,17)/t6-,7-,8?,10-/m1/s1. The summed E-state index contributed by atoms with van der Waals surface area (Å²) in [5.41, 5.74) is -0.805. The Bertz CT molecular complexity index is 565. The fourth-order valence-electron chi connectivity index (χ4n) is 2.12. The molecule has 1 aliphatic heterocycles. The molecular formula is C11H16N2O6. The van der Waals surface area contributed by atoms with Gasteiger partial charge in [0.1, 0.15) is 18.3 Å². The number of nitrogens with one attached hydrogen (secondary N) is 1. The zero-order valence-electron chi connectivity index (χ0n) is 10.6. The number of ether oxygens (including phenoxy) is 2. The van der Waals surface area contributed by atoms with Crippen molar-refractivity contribution in [2.24, 2.45) is 0 Å². The predicted octanol–water partition coefficient (Wildman–Crippen LogP) is -1.89. The van der Waals surface area contributed by atoms with E-state index in [2.05, 4.69) is 4.98 Å². The summed E-state index contributed by atoms with van der Waals surface area (Å²) < 4.78 is 11.7. The summed E-state index contributed by atoms with van der Waals surface area (Å²) in [6.45, 7) is 1.15. The smallest absolute Gasteiger partial charge is 0.330 e. The molecule has 4 atom stereocenters. The lowest BCUT2D eigenvalue weighted by Gasteiger charge is -2.20. The van der Waals surface area contributed by atoms with Gasteiger partial charge in [-0.3, -0.25) is 14.3 Å². The Morgan fingerprint density at radius 3 is 2.79 bits per heavy atom. The summed E-state index contributed by atoms with van der Waals surface area (Å²) in [6.07, 6.45) is -2.27. The van der Waals surface area contributed by atoms with Crippen LogP contribution in [-0.2, 0) is 9.47 Å². The van der Waals surface area contributed by atoms with E-state index < -0.39 is 42.4 Å². The number of aryl methyl sites for hydroxylation is 1. The van der Waals surface area contributed by atoms with Crippen molar-refractivity contribution in [1.29, 1.82) is 0 Å². The summed E-state index contributed by atoms with van der Waals surface area (Å²) in [4.78, 5) is 25.2. The maximum atomic E-state index is 11.8. The van der Waals surface area contributed by atoms with Gasteiger partial charge in [0.2, 0.25) is 0 Å². The molecular weight excluding hydrogens is 256 g/mol. The second-order valence-electron chi connectivity index (χ2n) is 4.42. The molecule has 0 aromatic carbocycles. The Morgan fingerprint density at radius 1 is 1.53 bits per heavy atom. The van der Waals surface area contributed by atoms with Gasteiger partial charge in [0.05, 0.1) is 6.61 Å².